The molecule has 3 aromatic rings. The summed E-state index contributed by atoms with van der Waals surface area (Å²) in [6.45, 7) is 3.30. The summed E-state index contributed by atoms with van der Waals surface area (Å²) in [5, 5.41) is 2.70. The number of esters is 1. The van der Waals surface area contributed by atoms with Gasteiger partial charge in [-0.05, 0) is 60.4 Å². The fourth-order valence-corrected chi connectivity index (χ4v) is 3.03. The van der Waals surface area contributed by atoms with Crippen LogP contribution in [0.3, 0.4) is 0 Å². The van der Waals surface area contributed by atoms with Crippen LogP contribution in [-0.2, 0) is 15.7 Å². The lowest BCUT2D eigenvalue weighted by Gasteiger charge is -2.12. The Morgan fingerprint density at radius 3 is 2.26 bits per heavy atom. The van der Waals surface area contributed by atoms with Crippen molar-refractivity contribution in [2.24, 2.45) is 0 Å². The number of hydrogen-bond donors (Lipinski definition) is 1. The summed E-state index contributed by atoms with van der Waals surface area (Å²) in [5.74, 6) is -1.24. The van der Waals surface area contributed by atoms with Gasteiger partial charge in [0, 0.05) is 5.69 Å². The molecule has 0 saturated heterocycles. The molecule has 0 aliphatic rings. The van der Waals surface area contributed by atoms with Gasteiger partial charge >= 0.3 is 12.1 Å². The van der Waals surface area contributed by atoms with Crippen LogP contribution < -0.4 is 5.32 Å². The molecule has 0 radical (unpaired) electrons. The van der Waals surface area contributed by atoms with Crippen molar-refractivity contribution in [3.8, 4) is 11.1 Å². The predicted octanol–water partition coefficient (Wildman–Crippen LogP) is 5.78. The van der Waals surface area contributed by atoms with Gasteiger partial charge in [0.15, 0.2) is 6.61 Å². The molecule has 7 heteroatoms. The second-order valence-electron chi connectivity index (χ2n) is 6.99. The minimum atomic E-state index is -4.44. The molecule has 0 bridgehead atoms. The number of alkyl halides is 3. The van der Waals surface area contributed by atoms with Crippen LogP contribution in [0.15, 0.2) is 66.7 Å². The largest absolute Gasteiger partial charge is 0.452 e. The van der Waals surface area contributed by atoms with Crippen molar-refractivity contribution in [3.05, 3.63) is 89.0 Å². The van der Waals surface area contributed by atoms with Crippen LogP contribution in [0.25, 0.3) is 11.1 Å². The Kier molecular flexibility index (Phi) is 6.44. The zero-order valence-electron chi connectivity index (χ0n) is 16.9. The molecule has 0 heterocycles. The fourth-order valence-electron chi connectivity index (χ4n) is 3.03. The maximum atomic E-state index is 12.8. The minimum absolute atomic E-state index is 0.154. The Balaban J connectivity index is 1.71. The average Bonchev–Trinajstić information content (AvgIpc) is 2.75. The molecule has 0 spiro atoms. The van der Waals surface area contributed by atoms with Gasteiger partial charge in [0.05, 0.1) is 11.1 Å². The van der Waals surface area contributed by atoms with Gasteiger partial charge < -0.3 is 10.1 Å². The van der Waals surface area contributed by atoms with Gasteiger partial charge in [0.25, 0.3) is 5.91 Å². The number of amides is 1. The third-order valence-corrected chi connectivity index (χ3v) is 4.88. The Morgan fingerprint density at radius 2 is 1.58 bits per heavy atom. The number of anilines is 1. The molecule has 1 amide bonds. The van der Waals surface area contributed by atoms with E-state index in [9.17, 15) is 22.8 Å². The molecule has 1 N–H and O–H groups in total. The van der Waals surface area contributed by atoms with Crippen molar-refractivity contribution in [1.29, 1.82) is 0 Å². The Morgan fingerprint density at radius 1 is 0.903 bits per heavy atom. The third kappa shape index (κ3) is 5.31. The predicted molar refractivity (Wildman–Crippen MR) is 112 cm³/mol. The Bertz CT molecular complexity index is 1110. The molecule has 0 aromatic heterocycles. The lowest BCUT2D eigenvalue weighted by Crippen LogP contribution is -2.21. The second kappa shape index (κ2) is 9.04. The van der Waals surface area contributed by atoms with Crippen LogP contribution in [0.5, 0.6) is 0 Å². The van der Waals surface area contributed by atoms with E-state index in [1.165, 1.54) is 18.2 Å². The van der Waals surface area contributed by atoms with E-state index < -0.39 is 30.2 Å². The summed E-state index contributed by atoms with van der Waals surface area (Å²) >= 11 is 0. The maximum absolute atomic E-state index is 12.8. The lowest BCUT2D eigenvalue weighted by molar-refractivity contribution is -0.137. The molecular formula is C24H20F3NO3. The molecule has 3 aromatic carbocycles. The van der Waals surface area contributed by atoms with E-state index >= 15 is 0 Å². The zero-order valence-corrected chi connectivity index (χ0v) is 16.9. The van der Waals surface area contributed by atoms with Crippen LogP contribution in [-0.4, -0.2) is 18.5 Å². The van der Waals surface area contributed by atoms with Crippen LogP contribution in [0.4, 0.5) is 18.9 Å². The highest BCUT2D eigenvalue weighted by Crippen LogP contribution is 2.32. The quantitative estimate of drug-likeness (QED) is 0.525. The van der Waals surface area contributed by atoms with Crippen molar-refractivity contribution in [2.75, 3.05) is 11.9 Å². The van der Waals surface area contributed by atoms with E-state index in [1.54, 1.807) is 24.3 Å². The van der Waals surface area contributed by atoms with Gasteiger partial charge in [0.2, 0.25) is 0 Å². The van der Waals surface area contributed by atoms with E-state index in [1.807, 2.05) is 26.0 Å². The van der Waals surface area contributed by atoms with Gasteiger partial charge in [0.1, 0.15) is 0 Å². The van der Waals surface area contributed by atoms with Crippen molar-refractivity contribution in [2.45, 2.75) is 20.0 Å². The molecular weight excluding hydrogens is 407 g/mol. The molecule has 0 aliphatic carbocycles. The van der Waals surface area contributed by atoms with E-state index in [4.69, 9.17) is 4.74 Å². The first-order chi connectivity index (χ1) is 14.7. The second-order valence-corrected chi connectivity index (χ2v) is 6.99. The summed E-state index contributed by atoms with van der Waals surface area (Å²) in [4.78, 5) is 24.8. The zero-order chi connectivity index (χ0) is 22.6. The summed E-state index contributed by atoms with van der Waals surface area (Å²) < 4.78 is 43.5. The average molecular weight is 427 g/mol. The molecule has 0 aliphatic heterocycles. The van der Waals surface area contributed by atoms with Crippen LogP contribution in [0.1, 0.15) is 27.0 Å². The molecule has 160 valence electrons. The van der Waals surface area contributed by atoms with Gasteiger partial charge in [-0.15, -0.1) is 0 Å². The highest BCUT2D eigenvalue weighted by molar-refractivity contribution is 5.99. The van der Waals surface area contributed by atoms with Crippen LogP contribution in [0.2, 0.25) is 0 Å². The number of nitrogens with one attached hydrogen (secondary N) is 1. The molecule has 3 rings (SSSR count). The molecule has 0 unspecified atom stereocenters. The summed E-state index contributed by atoms with van der Waals surface area (Å²) in [7, 11) is 0. The number of carbonyl (C=O) groups excluding carboxylic acids is 2. The first kappa shape index (κ1) is 22.1. The van der Waals surface area contributed by atoms with Crippen LogP contribution >= 0.6 is 0 Å². The summed E-state index contributed by atoms with van der Waals surface area (Å²) in [6, 6.07) is 16.4. The fraction of sp³-hybridized carbons (Fsp3) is 0.167. The van der Waals surface area contributed by atoms with Gasteiger partial charge in [-0.25, -0.2) is 4.79 Å². The van der Waals surface area contributed by atoms with E-state index in [2.05, 4.69) is 5.32 Å². The van der Waals surface area contributed by atoms with Gasteiger partial charge in [-0.3, -0.25) is 4.79 Å². The number of ether oxygens (including phenoxy) is 1. The van der Waals surface area contributed by atoms with Crippen LogP contribution in [0, 0.1) is 13.8 Å². The van der Waals surface area contributed by atoms with E-state index in [0.29, 0.717) is 16.8 Å². The topological polar surface area (TPSA) is 55.4 Å². The highest BCUT2D eigenvalue weighted by Gasteiger charge is 2.30. The first-order valence-electron chi connectivity index (χ1n) is 9.46. The van der Waals surface area contributed by atoms with Gasteiger partial charge in [-0.1, -0.05) is 42.5 Å². The highest BCUT2D eigenvalue weighted by atomic mass is 19.4. The lowest BCUT2D eigenvalue weighted by atomic mass is 9.98. The smallest absolute Gasteiger partial charge is 0.416 e. The number of aryl methyl sites for hydroxylation is 1. The summed E-state index contributed by atoms with van der Waals surface area (Å²) in [6.07, 6.45) is -4.44. The normalized spacial score (nSPS) is 11.1. The van der Waals surface area contributed by atoms with Crippen molar-refractivity contribution >= 4 is 17.6 Å². The van der Waals surface area contributed by atoms with E-state index in [-0.39, 0.29) is 5.56 Å². The van der Waals surface area contributed by atoms with E-state index in [0.717, 1.165) is 23.3 Å². The first-order valence-corrected chi connectivity index (χ1v) is 9.46. The molecule has 4 nitrogen and oxygen atoms in total. The number of halogens is 3. The van der Waals surface area contributed by atoms with Crippen molar-refractivity contribution in [3.63, 3.8) is 0 Å². The third-order valence-electron chi connectivity index (χ3n) is 4.88. The molecule has 0 atom stereocenters. The number of rotatable bonds is 5. The maximum Gasteiger partial charge on any atom is 0.416 e. The Labute approximate surface area is 177 Å². The molecule has 31 heavy (non-hydrogen) atoms. The Hall–Kier alpha value is -3.61. The SMILES string of the molecule is Cc1cccc(NC(=O)COC(=O)c2ccccc2-c2ccc(C(F)(F)F)cc2)c1C. The number of benzene rings is 3. The number of hydrogen-bond acceptors (Lipinski definition) is 3. The monoisotopic (exact) mass is 427 g/mol. The standard InChI is InChI=1S/C24H20F3NO3/c1-15-6-5-9-21(16(15)2)28-22(29)14-31-23(30)20-8-4-3-7-19(20)17-10-12-18(13-11-17)24(25,26)27/h3-13H,14H2,1-2H3,(H,28,29). The molecule has 0 saturated carbocycles. The number of carbonyl (C=O) groups is 2. The minimum Gasteiger partial charge on any atom is -0.452 e. The molecule has 0 fully saturated rings. The van der Waals surface area contributed by atoms with Crippen molar-refractivity contribution in [1.82, 2.24) is 0 Å². The summed E-state index contributed by atoms with van der Waals surface area (Å²) in [5.41, 5.74) is 2.78. The van der Waals surface area contributed by atoms with Crippen molar-refractivity contribution < 1.29 is 27.5 Å². The van der Waals surface area contributed by atoms with Gasteiger partial charge in [-0.2, -0.15) is 13.2 Å².